The summed E-state index contributed by atoms with van der Waals surface area (Å²) in [6.07, 6.45) is 1.46. The number of aryl methyl sites for hydroxylation is 2. The predicted molar refractivity (Wildman–Crippen MR) is 86.5 cm³/mol. The Hall–Kier alpha value is -2.10. The van der Waals surface area contributed by atoms with Gasteiger partial charge in [-0.3, -0.25) is 4.79 Å². The molecule has 0 radical (unpaired) electrons. The van der Waals surface area contributed by atoms with Crippen LogP contribution in [0.5, 0.6) is 0 Å². The normalized spacial score (nSPS) is 11.0. The minimum absolute atomic E-state index is 0.0107. The minimum atomic E-state index is 0.0107. The van der Waals surface area contributed by atoms with Gasteiger partial charge in [0.2, 0.25) is 5.91 Å². The van der Waals surface area contributed by atoms with Crippen molar-refractivity contribution in [2.24, 2.45) is 5.92 Å². The molecule has 4 heteroatoms. The van der Waals surface area contributed by atoms with Gasteiger partial charge in [-0.2, -0.15) is 0 Å². The number of nitrogens with one attached hydrogen (secondary N) is 1. The quantitative estimate of drug-likeness (QED) is 0.890. The Morgan fingerprint density at radius 2 is 1.82 bits per heavy atom. The predicted octanol–water partition coefficient (Wildman–Crippen LogP) is 3.35. The van der Waals surface area contributed by atoms with E-state index in [1.807, 2.05) is 26.0 Å². The van der Waals surface area contributed by atoms with Gasteiger partial charge >= 0.3 is 0 Å². The summed E-state index contributed by atoms with van der Waals surface area (Å²) in [7, 11) is 0. The van der Waals surface area contributed by atoms with Crippen LogP contribution < -0.4 is 5.32 Å². The molecule has 0 saturated heterocycles. The van der Waals surface area contributed by atoms with Crippen LogP contribution in [-0.4, -0.2) is 11.1 Å². The Morgan fingerprint density at radius 1 is 1.18 bits per heavy atom. The monoisotopic (exact) mass is 300 g/mol. The Labute approximate surface area is 131 Å². The van der Waals surface area contributed by atoms with Gasteiger partial charge in [-0.05, 0) is 37.3 Å². The van der Waals surface area contributed by atoms with Crippen LogP contribution in [0, 0.1) is 19.8 Å². The maximum Gasteiger partial charge on any atom is 0.224 e. The lowest BCUT2D eigenvalue weighted by atomic mass is 10.0. The van der Waals surface area contributed by atoms with Crippen LogP contribution in [0.1, 0.15) is 42.0 Å². The van der Waals surface area contributed by atoms with Gasteiger partial charge in [-0.15, -0.1) is 0 Å². The van der Waals surface area contributed by atoms with E-state index >= 15 is 0 Å². The van der Waals surface area contributed by atoms with Crippen molar-refractivity contribution in [3.05, 3.63) is 52.4 Å². The highest BCUT2D eigenvalue weighted by molar-refractivity contribution is 5.78. The molecule has 1 aromatic carbocycles. The van der Waals surface area contributed by atoms with E-state index in [0.717, 1.165) is 29.0 Å². The number of hydrogen-bond donors (Lipinski definition) is 1. The van der Waals surface area contributed by atoms with E-state index in [1.165, 1.54) is 5.56 Å². The van der Waals surface area contributed by atoms with E-state index in [9.17, 15) is 4.79 Å². The molecule has 0 spiro atoms. The van der Waals surface area contributed by atoms with E-state index in [1.54, 1.807) is 0 Å². The molecule has 0 aliphatic carbocycles. The fourth-order valence-electron chi connectivity index (χ4n) is 2.45. The summed E-state index contributed by atoms with van der Waals surface area (Å²) in [6.45, 7) is 8.61. The smallest absolute Gasteiger partial charge is 0.224 e. The molecule has 0 bridgehead atoms. The van der Waals surface area contributed by atoms with Gasteiger partial charge in [0.15, 0.2) is 0 Å². The van der Waals surface area contributed by atoms with Crippen molar-refractivity contribution in [3.63, 3.8) is 0 Å². The summed E-state index contributed by atoms with van der Waals surface area (Å²) in [5.41, 5.74) is 4.13. The van der Waals surface area contributed by atoms with Crippen LogP contribution in [0.25, 0.3) is 0 Å². The van der Waals surface area contributed by atoms with E-state index in [0.29, 0.717) is 18.9 Å². The van der Waals surface area contributed by atoms with Gasteiger partial charge in [0, 0.05) is 12.1 Å². The first-order valence-corrected chi connectivity index (χ1v) is 7.72. The summed E-state index contributed by atoms with van der Waals surface area (Å²) >= 11 is 0. The highest BCUT2D eigenvalue weighted by Crippen LogP contribution is 2.12. The molecule has 0 aliphatic heterocycles. The Bertz CT molecular complexity index is 608. The third-order valence-electron chi connectivity index (χ3n) is 3.68. The van der Waals surface area contributed by atoms with E-state index in [4.69, 9.17) is 4.52 Å². The first-order chi connectivity index (χ1) is 10.5. The molecular weight excluding hydrogens is 276 g/mol. The van der Waals surface area contributed by atoms with Crippen molar-refractivity contribution in [1.29, 1.82) is 0 Å². The zero-order chi connectivity index (χ0) is 16.1. The molecule has 0 fully saturated rings. The molecule has 4 nitrogen and oxygen atoms in total. The van der Waals surface area contributed by atoms with Gasteiger partial charge in [0.25, 0.3) is 0 Å². The van der Waals surface area contributed by atoms with Crippen molar-refractivity contribution in [3.8, 4) is 0 Å². The number of carbonyl (C=O) groups excluding carboxylic acids is 1. The number of carbonyl (C=O) groups is 1. The van der Waals surface area contributed by atoms with Crippen molar-refractivity contribution < 1.29 is 9.32 Å². The van der Waals surface area contributed by atoms with Crippen molar-refractivity contribution in [1.82, 2.24) is 10.5 Å². The molecule has 1 heterocycles. The second-order valence-corrected chi connectivity index (χ2v) is 6.17. The number of aromatic nitrogens is 1. The van der Waals surface area contributed by atoms with Crippen molar-refractivity contribution >= 4 is 5.91 Å². The second kappa shape index (κ2) is 7.25. The summed E-state index contributed by atoms with van der Waals surface area (Å²) in [4.78, 5) is 12.0. The van der Waals surface area contributed by atoms with Crippen LogP contribution in [0.15, 0.2) is 28.8 Å². The molecule has 0 saturated carbocycles. The van der Waals surface area contributed by atoms with Gasteiger partial charge in [0.1, 0.15) is 5.76 Å². The summed E-state index contributed by atoms with van der Waals surface area (Å²) in [5, 5.41) is 6.81. The van der Waals surface area contributed by atoms with Crippen molar-refractivity contribution in [2.75, 3.05) is 0 Å². The zero-order valence-electron chi connectivity index (χ0n) is 13.8. The molecule has 1 aromatic heterocycles. The zero-order valence-corrected chi connectivity index (χ0v) is 13.8. The lowest BCUT2D eigenvalue weighted by Gasteiger charge is -2.07. The molecule has 2 aromatic rings. The summed E-state index contributed by atoms with van der Waals surface area (Å²) < 4.78 is 5.09. The average molecular weight is 300 g/mol. The van der Waals surface area contributed by atoms with Crippen LogP contribution >= 0.6 is 0 Å². The topological polar surface area (TPSA) is 55.1 Å². The van der Waals surface area contributed by atoms with Crippen LogP contribution in [0.2, 0.25) is 0 Å². The van der Waals surface area contributed by atoms with E-state index < -0.39 is 0 Å². The lowest BCUT2D eigenvalue weighted by molar-refractivity contribution is -0.120. The Kier molecular flexibility index (Phi) is 5.36. The Balaban J connectivity index is 1.87. The third kappa shape index (κ3) is 4.45. The SMILES string of the molecule is Cc1noc(C)c1CNC(=O)Cc1ccc(CC(C)C)cc1. The standard InChI is InChI=1S/C18H24N2O2/c1-12(2)9-15-5-7-16(8-6-15)10-18(21)19-11-17-13(3)20-22-14(17)4/h5-8,12H,9-11H2,1-4H3,(H,19,21). The second-order valence-electron chi connectivity index (χ2n) is 6.17. The van der Waals surface area contributed by atoms with Crippen LogP contribution in [0.4, 0.5) is 0 Å². The fraction of sp³-hybridized carbons (Fsp3) is 0.444. The highest BCUT2D eigenvalue weighted by Gasteiger charge is 2.10. The highest BCUT2D eigenvalue weighted by atomic mass is 16.5. The first kappa shape index (κ1) is 16.3. The number of amides is 1. The minimum Gasteiger partial charge on any atom is -0.361 e. The molecule has 0 unspecified atom stereocenters. The molecule has 2 rings (SSSR count). The fourth-order valence-corrected chi connectivity index (χ4v) is 2.45. The third-order valence-corrected chi connectivity index (χ3v) is 3.68. The molecule has 0 atom stereocenters. The molecule has 1 N–H and O–H groups in total. The average Bonchev–Trinajstić information content (AvgIpc) is 2.77. The van der Waals surface area contributed by atoms with Crippen LogP contribution in [0.3, 0.4) is 0 Å². The number of nitrogens with zero attached hydrogens (tertiary/aromatic N) is 1. The molecule has 0 aliphatic rings. The van der Waals surface area contributed by atoms with Gasteiger partial charge in [-0.25, -0.2) is 0 Å². The van der Waals surface area contributed by atoms with Gasteiger partial charge in [-0.1, -0.05) is 43.3 Å². The number of benzene rings is 1. The van der Waals surface area contributed by atoms with Crippen LogP contribution in [-0.2, 0) is 24.2 Å². The number of hydrogen-bond acceptors (Lipinski definition) is 3. The van der Waals surface area contributed by atoms with Gasteiger partial charge < -0.3 is 9.84 Å². The largest absolute Gasteiger partial charge is 0.361 e. The molecule has 22 heavy (non-hydrogen) atoms. The summed E-state index contributed by atoms with van der Waals surface area (Å²) in [6, 6.07) is 8.29. The van der Waals surface area contributed by atoms with E-state index in [2.05, 4.69) is 36.5 Å². The molecule has 118 valence electrons. The summed E-state index contributed by atoms with van der Waals surface area (Å²) in [5.74, 6) is 1.41. The number of rotatable bonds is 6. The van der Waals surface area contributed by atoms with E-state index in [-0.39, 0.29) is 5.91 Å². The molecule has 1 amide bonds. The maximum atomic E-state index is 12.0. The van der Waals surface area contributed by atoms with Crippen molar-refractivity contribution in [2.45, 2.75) is 47.1 Å². The molecular formula is C18H24N2O2. The first-order valence-electron chi connectivity index (χ1n) is 7.72. The maximum absolute atomic E-state index is 12.0. The van der Waals surface area contributed by atoms with Gasteiger partial charge in [0.05, 0.1) is 12.1 Å². The lowest BCUT2D eigenvalue weighted by Crippen LogP contribution is -2.25. The Morgan fingerprint density at radius 3 is 2.36 bits per heavy atom.